The number of hydrogen-bond acceptors (Lipinski definition) is 2. The molecule has 0 aliphatic heterocycles. The average molecular weight is 246 g/mol. The van der Waals surface area contributed by atoms with Crippen LogP contribution in [-0.4, -0.2) is 20.6 Å². The summed E-state index contributed by atoms with van der Waals surface area (Å²) < 4.78 is 1.69. The third kappa shape index (κ3) is 1.92. The topological polar surface area (TPSA) is 75.1 Å². The van der Waals surface area contributed by atoms with Crippen molar-refractivity contribution in [2.24, 2.45) is 5.92 Å². The van der Waals surface area contributed by atoms with Gasteiger partial charge in [0.2, 0.25) is 0 Å². The molecule has 1 saturated carbocycles. The monoisotopic (exact) mass is 246 g/mol. The number of aromatic nitrogens is 2. The zero-order chi connectivity index (χ0) is 12.7. The van der Waals surface area contributed by atoms with Gasteiger partial charge in [-0.3, -0.25) is 4.57 Å². The van der Waals surface area contributed by atoms with Crippen LogP contribution in [0.1, 0.15) is 29.6 Å². The number of hydrogen-bond donors (Lipinski definition) is 2. The molecule has 0 unspecified atom stereocenters. The van der Waals surface area contributed by atoms with Crippen LogP contribution >= 0.6 is 0 Å². The minimum atomic E-state index is -0.983. The number of imidazole rings is 1. The van der Waals surface area contributed by atoms with Gasteiger partial charge in [0.1, 0.15) is 0 Å². The van der Waals surface area contributed by atoms with Crippen LogP contribution in [0.25, 0.3) is 11.0 Å². The van der Waals surface area contributed by atoms with Crippen LogP contribution in [0.15, 0.2) is 23.0 Å². The molecule has 0 saturated heterocycles. The van der Waals surface area contributed by atoms with Gasteiger partial charge in [-0.25, -0.2) is 9.59 Å². The molecule has 1 fully saturated rings. The lowest BCUT2D eigenvalue weighted by Crippen LogP contribution is -2.16. The number of carboxylic acid groups (broad SMARTS) is 1. The van der Waals surface area contributed by atoms with E-state index in [1.54, 1.807) is 10.6 Å². The number of aromatic amines is 1. The van der Waals surface area contributed by atoms with Crippen LogP contribution in [-0.2, 0) is 6.54 Å². The summed E-state index contributed by atoms with van der Waals surface area (Å²) in [6.07, 6.45) is 3.55. The number of aryl methyl sites for hydroxylation is 1. The highest BCUT2D eigenvalue weighted by Crippen LogP contribution is 2.32. The minimum absolute atomic E-state index is 0.159. The molecule has 5 heteroatoms. The lowest BCUT2D eigenvalue weighted by molar-refractivity contribution is 0.0697. The molecule has 0 bridgehead atoms. The SMILES string of the molecule is O=C(O)c1ccc2c(c1)[nH]c(=O)n2CCC1CC1. The first-order valence-corrected chi connectivity index (χ1v) is 6.11. The quantitative estimate of drug-likeness (QED) is 0.864. The molecule has 1 heterocycles. The van der Waals surface area contributed by atoms with Crippen LogP contribution < -0.4 is 5.69 Å². The molecule has 18 heavy (non-hydrogen) atoms. The summed E-state index contributed by atoms with van der Waals surface area (Å²) in [5, 5.41) is 8.91. The summed E-state index contributed by atoms with van der Waals surface area (Å²) in [6, 6.07) is 4.74. The number of H-pyrrole nitrogens is 1. The van der Waals surface area contributed by atoms with E-state index in [9.17, 15) is 9.59 Å². The first-order chi connectivity index (χ1) is 8.65. The van der Waals surface area contributed by atoms with E-state index in [1.165, 1.54) is 25.0 Å². The molecular formula is C13H14N2O3. The highest BCUT2D eigenvalue weighted by Gasteiger charge is 2.21. The third-order valence-corrected chi connectivity index (χ3v) is 3.48. The number of nitrogens with zero attached hydrogens (tertiary/aromatic N) is 1. The van der Waals surface area contributed by atoms with Crippen molar-refractivity contribution in [2.45, 2.75) is 25.8 Å². The van der Waals surface area contributed by atoms with E-state index in [0.717, 1.165) is 17.9 Å². The Balaban J connectivity index is 2.00. The molecule has 1 aromatic heterocycles. The number of nitrogens with one attached hydrogen (secondary N) is 1. The average Bonchev–Trinajstić information content (AvgIpc) is 3.09. The lowest BCUT2D eigenvalue weighted by atomic mass is 10.2. The van der Waals surface area contributed by atoms with Gasteiger partial charge >= 0.3 is 11.7 Å². The van der Waals surface area contributed by atoms with E-state index in [2.05, 4.69) is 4.98 Å². The molecule has 2 N–H and O–H groups in total. The smallest absolute Gasteiger partial charge is 0.335 e. The summed E-state index contributed by atoms with van der Waals surface area (Å²) in [4.78, 5) is 25.4. The van der Waals surface area contributed by atoms with Gasteiger partial charge in [0.05, 0.1) is 16.6 Å². The Morgan fingerprint density at radius 2 is 2.22 bits per heavy atom. The number of carbonyl (C=O) groups is 1. The van der Waals surface area contributed by atoms with Crippen molar-refractivity contribution in [3.63, 3.8) is 0 Å². The largest absolute Gasteiger partial charge is 0.478 e. The predicted molar refractivity (Wildman–Crippen MR) is 66.9 cm³/mol. The van der Waals surface area contributed by atoms with Gasteiger partial charge in [-0.2, -0.15) is 0 Å². The van der Waals surface area contributed by atoms with Crippen LogP contribution in [0, 0.1) is 5.92 Å². The minimum Gasteiger partial charge on any atom is -0.478 e. The van der Waals surface area contributed by atoms with Gasteiger partial charge in [0.25, 0.3) is 0 Å². The van der Waals surface area contributed by atoms with Crippen LogP contribution in [0.3, 0.4) is 0 Å². The fourth-order valence-electron chi connectivity index (χ4n) is 2.24. The fraction of sp³-hybridized carbons (Fsp3) is 0.385. The highest BCUT2D eigenvalue weighted by molar-refractivity contribution is 5.92. The number of aromatic carboxylic acids is 1. The highest BCUT2D eigenvalue weighted by atomic mass is 16.4. The summed E-state index contributed by atoms with van der Waals surface area (Å²) in [6.45, 7) is 0.704. The van der Waals surface area contributed by atoms with E-state index in [1.807, 2.05) is 0 Å². The standard InChI is InChI=1S/C13H14N2O3/c16-12(17)9-3-4-11-10(7-9)14-13(18)15(11)6-5-8-1-2-8/h3-4,7-8H,1-2,5-6H2,(H,14,18)(H,16,17). The van der Waals surface area contributed by atoms with Crippen molar-refractivity contribution in [3.05, 3.63) is 34.2 Å². The number of carboxylic acids is 1. The normalized spacial score (nSPS) is 15.1. The number of fused-ring (bicyclic) bond motifs is 1. The van der Waals surface area contributed by atoms with Gasteiger partial charge < -0.3 is 10.1 Å². The Bertz CT molecular complexity index is 664. The maximum Gasteiger partial charge on any atom is 0.335 e. The summed E-state index contributed by atoms with van der Waals surface area (Å²) in [5.41, 5.74) is 1.41. The van der Waals surface area contributed by atoms with Crippen LogP contribution in [0.2, 0.25) is 0 Å². The second-order valence-corrected chi connectivity index (χ2v) is 4.85. The number of rotatable bonds is 4. The number of benzene rings is 1. The van der Waals surface area contributed by atoms with Crippen molar-refractivity contribution in [1.29, 1.82) is 0 Å². The first-order valence-electron chi connectivity index (χ1n) is 6.11. The molecule has 5 nitrogen and oxygen atoms in total. The van der Waals surface area contributed by atoms with Gasteiger partial charge in [0.15, 0.2) is 0 Å². The second-order valence-electron chi connectivity index (χ2n) is 4.85. The van der Waals surface area contributed by atoms with Crippen molar-refractivity contribution in [1.82, 2.24) is 9.55 Å². The van der Waals surface area contributed by atoms with E-state index < -0.39 is 5.97 Å². The Morgan fingerprint density at radius 3 is 2.89 bits per heavy atom. The molecule has 1 aliphatic carbocycles. The fourth-order valence-corrected chi connectivity index (χ4v) is 2.24. The maximum atomic E-state index is 11.8. The molecule has 2 aromatic rings. The summed E-state index contributed by atoms with van der Waals surface area (Å²) in [7, 11) is 0. The third-order valence-electron chi connectivity index (χ3n) is 3.48. The van der Waals surface area contributed by atoms with Crippen molar-refractivity contribution in [2.75, 3.05) is 0 Å². The Kier molecular flexibility index (Phi) is 2.47. The zero-order valence-electron chi connectivity index (χ0n) is 9.85. The Labute approximate surface area is 103 Å². The van der Waals surface area contributed by atoms with Gasteiger partial charge in [-0.15, -0.1) is 0 Å². The Morgan fingerprint density at radius 1 is 1.44 bits per heavy atom. The second kappa shape index (κ2) is 4.01. The van der Waals surface area contributed by atoms with Gasteiger partial charge in [-0.05, 0) is 30.5 Å². The molecule has 0 radical (unpaired) electrons. The molecule has 3 rings (SSSR count). The maximum absolute atomic E-state index is 11.8. The van der Waals surface area contributed by atoms with E-state index in [0.29, 0.717) is 12.1 Å². The summed E-state index contributed by atoms with van der Waals surface area (Å²) >= 11 is 0. The molecule has 0 atom stereocenters. The summed E-state index contributed by atoms with van der Waals surface area (Å²) in [5.74, 6) is -0.219. The predicted octanol–water partition coefficient (Wildman–Crippen LogP) is 1.83. The van der Waals surface area contributed by atoms with Crippen molar-refractivity contribution in [3.8, 4) is 0 Å². The van der Waals surface area contributed by atoms with Crippen LogP contribution in [0.5, 0.6) is 0 Å². The lowest BCUT2D eigenvalue weighted by Gasteiger charge is -2.02. The van der Waals surface area contributed by atoms with Crippen LogP contribution in [0.4, 0.5) is 0 Å². The van der Waals surface area contributed by atoms with E-state index in [4.69, 9.17) is 5.11 Å². The van der Waals surface area contributed by atoms with Crippen molar-refractivity contribution >= 4 is 17.0 Å². The van der Waals surface area contributed by atoms with Gasteiger partial charge in [0, 0.05) is 6.54 Å². The van der Waals surface area contributed by atoms with Crippen molar-refractivity contribution < 1.29 is 9.90 Å². The van der Waals surface area contributed by atoms with Gasteiger partial charge in [-0.1, -0.05) is 12.8 Å². The first kappa shape index (κ1) is 11.1. The molecule has 0 spiro atoms. The molecule has 1 aliphatic rings. The van der Waals surface area contributed by atoms with E-state index >= 15 is 0 Å². The molecule has 0 amide bonds. The molecule has 94 valence electrons. The molecule has 1 aromatic carbocycles. The Hall–Kier alpha value is -2.04. The van der Waals surface area contributed by atoms with E-state index in [-0.39, 0.29) is 11.3 Å². The zero-order valence-corrected chi connectivity index (χ0v) is 9.85. The molecular weight excluding hydrogens is 232 g/mol.